The normalized spacial score (nSPS) is 8.60. The Morgan fingerprint density at radius 2 is 1.50 bits per heavy atom. The van der Waals surface area contributed by atoms with E-state index in [0.29, 0.717) is 0 Å². The van der Waals surface area contributed by atoms with E-state index in [1.54, 1.807) is 6.20 Å². The molecule has 3 heteroatoms. The second-order valence-electron chi connectivity index (χ2n) is 3.42. The summed E-state index contributed by atoms with van der Waals surface area (Å²) in [5, 5.41) is 1.16. The van der Waals surface area contributed by atoms with Gasteiger partial charge < -0.3 is 4.98 Å². The maximum Gasteiger partial charge on any atom is 0.0483 e. The van der Waals surface area contributed by atoms with E-state index in [4.69, 9.17) is 0 Å². The molecular formula is C17H17N2Rh-. The number of rotatable bonds is 1. The summed E-state index contributed by atoms with van der Waals surface area (Å²) in [5.41, 5.74) is 2.89. The number of fused-ring (bicyclic) bond motifs is 1. The fraction of sp³-hybridized carbons (Fsp3) is 0. The van der Waals surface area contributed by atoms with Gasteiger partial charge in [-0.3, -0.25) is 4.98 Å². The SMILES string of the molecule is [CH2][CH2].[CH2][CH2].[Rh].c1ccc(-c2cc3ccccc3[n-]2)nc1. The number of pyridine rings is 1. The molecule has 0 aliphatic rings. The fourth-order valence-corrected chi connectivity index (χ4v) is 1.67. The number of nitrogens with zero attached hydrogens (tertiary/aromatic N) is 2. The molecule has 3 aromatic rings. The average Bonchev–Trinajstić information content (AvgIpc) is 2.96. The van der Waals surface area contributed by atoms with Crippen LogP contribution in [0.4, 0.5) is 0 Å². The van der Waals surface area contributed by atoms with Crippen molar-refractivity contribution in [2.75, 3.05) is 0 Å². The Hall–Kier alpha value is -1.47. The summed E-state index contributed by atoms with van der Waals surface area (Å²) in [4.78, 5) is 8.80. The van der Waals surface area contributed by atoms with E-state index in [2.05, 4.69) is 49.8 Å². The van der Waals surface area contributed by atoms with Crippen molar-refractivity contribution in [2.45, 2.75) is 0 Å². The monoisotopic (exact) mass is 352 g/mol. The first kappa shape index (κ1) is 18.5. The smallest absolute Gasteiger partial charge is 0.0483 e. The van der Waals surface area contributed by atoms with Gasteiger partial charge in [0.2, 0.25) is 0 Å². The van der Waals surface area contributed by atoms with Gasteiger partial charge in [-0.2, -0.15) is 0 Å². The summed E-state index contributed by atoms with van der Waals surface area (Å²) in [7, 11) is 0. The van der Waals surface area contributed by atoms with Crippen LogP contribution in [-0.4, -0.2) is 4.98 Å². The summed E-state index contributed by atoms with van der Waals surface area (Å²) < 4.78 is 0. The molecule has 20 heavy (non-hydrogen) atoms. The van der Waals surface area contributed by atoms with Gasteiger partial charge in [0.15, 0.2) is 0 Å². The van der Waals surface area contributed by atoms with Gasteiger partial charge in [-0.05, 0) is 17.5 Å². The maximum atomic E-state index is 4.52. The molecule has 0 aliphatic heterocycles. The van der Waals surface area contributed by atoms with E-state index in [1.807, 2.05) is 36.4 Å². The second kappa shape index (κ2) is 10.3. The van der Waals surface area contributed by atoms with Crippen LogP contribution in [0.1, 0.15) is 0 Å². The summed E-state index contributed by atoms with van der Waals surface area (Å²) in [6, 6.07) is 16.0. The van der Waals surface area contributed by atoms with E-state index in [1.165, 1.54) is 0 Å². The number of hydrogen-bond donors (Lipinski definition) is 0. The first-order valence-corrected chi connectivity index (χ1v) is 5.87. The molecule has 3 rings (SSSR count). The molecule has 0 saturated heterocycles. The van der Waals surface area contributed by atoms with Gasteiger partial charge in [-0.15, -0.1) is 11.2 Å². The molecule has 0 spiro atoms. The molecule has 2 aromatic heterocycles. The largest absolute Gasteiger partial charge is 0.656 e. The average molecular weight is 352 g/mol. The molecule has 0 saturated carbocycles. The van der Waals surface area contributed by atoms with Crippen molar-refractivity contribution in [2.24, 2.45) is 0 Å². The molecule has 1 aromatic carbocycles. The van der Waals surface area contributed by atoms with Gasteiger partial charge in [0.05, 0.1) is 0 Å². The Bertz CT molecular complexity index is 555. The molecule has 0 amide bonds. The zero-order valence-electron chi connectivity index (χ0n) is 11.3. The fourth-order valence-electron chi connectivity index (χ4n) is 1.67. The van der Waals surface area contributed by atoms with Crippen LogP contribution < -0.4 is 4.98 Å². The van der Waals surface area contributed by atoms with E-state index >= 15 is 0 Å². The van der Waals surface area contributed by atoms with Crippen LogP contribution in [0.5, 0.6) is 0 Å². The van der Waals surface area contributed by atoms with Crippen molar-refractivity contribution >= 4 is 10.9 Å². The van der Waals surface area contributed by atoms with Gasteiger partial charge in [-0.1, -0.05) is 64.1 Å². The van der Waals surface area contributed by atoms with Crippen LogP contribution in [0.3, 0.4) is 0 Å². The summed E-state index contributed by atoms with van der Waals surface area (Å²) in [6.45, 7) is 12.0. The zero-order chi connectivity index (χ0) is 14.1. The quantitative estimate of drug-likeness (QED) is 0.615. The third-order valence-corrected chi connectivity index (χ3v) is 2.40. The van der Waals surface area contributed by atoms with Crippen molar-refractivity contribution in [1.29, 1.82) is 0 Å². The van der Waals surface area contributed by atoms with Crippen LogP contribution in [-0.2, 0) is 19.5 Å². The molecule has 105 valence electrons. The molecule has 0 N–H and O–H groups in total. The Morgan fingerprint density at radius 1 is 0.850 bits per heavy atom. The van der Waals surface area contributed by atoms with Gasteiger partial charge in [0.25, 0.3) is 0 Å². The molecule has 0 aliphatic carbocycles. The third kappa shape index (κ3) is 4.57. The van der Waals surface area contributed by atoms with Crippen molar-refractivity contribution < 1.29 is 19.5 Å². The minimum atomic E-state index is 0. The summed E-state index contributed by atoms with van der Waals surface area (Å²) >= 11 is 0. The Balaban J connectivity index is 0.000000667. The van der Waals surface area contributed by atoms with Crippen molar-refractivity contribution in [3.8, 4) is 11.4 Å². The van der Waals surface area contributed by atoms with E-state index in [9.17, 15) is 0 Å². The van der Waals surface area contributed by atoms with Gasteiger partial charge in [0.1, 0.15) is 0 Å². The van der Waals surface area contributed by atoms with Gasteiger partial charge in [-0.25, -0.2) is 0 Å². The molecule has 0 bridgehead atoms. The minimum absolute atomic E-state index is 0. The third-order valence-electron chi connectivity index (χ3n) is 2.40. The minimum Gasteiger partial charge on any atom is -0.656 e. The van der Waals surface area contributed by atoms with Crippen molar-refractivity contribution in [3.63, 3.8) is 0 Å². The zero-order valence-corrected chi connectivity index (χ0v) is 12.9. The van der Waals surface area contributed by atoms with Crippen LogP contribution >= 0.6 is 0 Å². The second-order valence-corrected chi connectivity index (χ2v) is 3.42. The number of aromatic nitrogens is 2. The van der Waals surface area contributed by atoms with Crippen LogP contribution in [0.25, 0.3) is 22.3 Å². The van der Waals surface area contributed by atoms with Crippen LogP contribution in [0, 0.1) is 27.7 Å². The predicted octanol–water partition coefficient (Wildman–Crippen LogP) is 4.17. The first-order valence-electron chi connectivity index (χ1n) is 5.87. The van der Waals surface area contributed by atoms with Gasteiger partial charge >= 0.3 is 0 Å². The van der Waals surface area contributed by atoms with Crippen LogP contribution in [0.2, 0.25) is 0 Å². The van der Waals surface area contributed by atoms with Crippen LogP contribution in [0.15, 0.2) is 54.7 Å². The number of para-hydroxylation sites is 1. The molecule has 2 heterocycles. The predicted molar refractivity (Wildman–Crippen MR) is 81.9 cm³/mol. The van der Waals surface area contributed by atoms with Gasteiger partial charge in [0, 0.05) is 31.4 Å². The Morgan fingerprint density at radius 3 is 2.10 bits per heavy atom. The molecule has 0 atom stereocenters. The Labute approximate surface area is 134 Å². The summed E-state index contributed by atoms with van der Waals surface area (Å²) in [5.74, 6) is 0. The van der Waals surface area contributed by atoms with E-state index < -0.39 is 0 Å². The van der Waals surface area contributed by atoms with E-state index in [0.717, 1.165) is 22.3 Å². The topological polar surface area (TPSA) is 27.0 Å². The molecule has 0 fully saturated rings. The molecule has 0 unspecified atom stereocenters. The number of hydrogen-bond acceptors (Lipinski definition) is 1. The van der Waals surface area contributed by atoms with E-state index in [-0.39, 0.29) is 19.5 Å². The first-order chi connectivity index (χ1) is 9.43. The standard InChI is InChI=1S/C13H9N2.2C2H4.Rh/c1-2-6-11-10(5-1)9-13(15-11)12-7-3-4-8-14-12;2*1-2;/h1-9H;2*1-2H2;/q-1;;;. The number of benzene rings is 1. The Kier molecular flexibility index (Phi) is 9.58. The molecular weight excluding hydrogens is 335 g/mol. The van der Waals surface area contributed by atoms with Crippen molar-refractivity contribution in [3.05, 3.63) is 82.4 Å². The summed E-state index contributed by atoms with van der Waals surface area (Å²) in [6.07, 6.45) is 1.79. The molecule has 2 nitrogen and oxygen atoms in total. The van der Waals surface area contributed by atoms with Crippen molar-refractivity contribution in [1.82, 2.24) is 9.97 Å². The maximum absolute atomic E-state index is 4.52. The molecule has 5 radical (unpaired) electrons.